The summed E-state index contributed by atoms with van der Waals surface area (Å²) in [7, 11) is 0. The molecule has 2 aliphatic heterocycles. The van der Waals surface area contributed by atoms with Crippen molar-refractivity contribution in [2.75, 3.05) is 13.2 Å². The molecule has 0 bridgehead atoms. The van der Waals surface area contributed by atoms with Gasteiger partial charge in [0.1, 0.15) is 36.6 Å². The Morgan fingerprint density at radius 1 is 0.700 bits per heavy atom. The van der Waals surface area contributed by atoms with Crippen molar-refractivity contribution >= 4 is 17.8 Å². The van der Waals surface area contributed by atoms with Gasteiger partial charge in [-0.1, -0.05) is 91.9 Å². The number of ether oxygens (including phenoxy) is 4. The molecule has 0 spiro atoms. The van der Waals surface area contributed by atoms with E-state index >= 15 is 0 Å². The van der Waals surface area contributed by atoms with Crippen LogP contribution in [0.2, 0.25) is 0 Å². The van der Waals surface area contributed by atoms with Crippen molar-refractivity contribution in [3.05, 3.63) is 0 Å². The van der Waals surface area contributed by atoms with Crippen LogP contribution in [-0.2, 0) is 33.3 Å². The monoisotopic (exact) mass is 721 g/mol. The lowest BCUT2D eigenvalue weighted by atomic mass is 9.82. The van der Waals surface area contributed by atoms with E-state index in [-0.39, 0.29) is 18.6 Å². The van der Waals surface area contributed by atoms with Crippen LogP contribution in [0.3, 0.4) is 0 Å². The fourth-order valence-corrected chi connectivity index (χ4v) is 6.33. The number of amides is 1. The zero-order chi connectivity index (χ0) is 37.4. The van der Waals surface area contributed by atoms with Gasteiger partial charge in [0.15, 0.2) is 24.8 Å². The summed E-state index contributed by atoms with van der Waals surface area (Å²) >= 11 is 0. The van der Waals surface area contributed by atoms with Crippen molar-refractivity contribution in [1.29, 1.82) is 0 Å². The quantitative estimate of drug-likeness (QED) is 0.0705. The molecule has 15 nitrogen and oxygen atoms in total. The van der Waals surface area contributed by atoms with Crippen LogP contribution in [0.5, 0.6) is 0 Å². The number of aliphatic carboxylic acids is 2. The molecule has 50 heavy (non-hydrogen) atoms. The Kier molecular flexibility index (Phi) is 19.6. The summed E-state index contributed by atoms with van der Waals surface area (Å²) < 4.78 is 22.0. The fourth-order valence-electron chi connectivity index (χ4n) is 6.33. The topological polar surface area (TPSA) is 242 Å². The van der Waals surface area contributed by atoms with Gasteiger partial charge in [0.05, 0.1) is 5.92 Å². The molecule has 2 saturated heterocycles. The number of carbonyl (C=O) groups is 3. The number of aliphatic hydroxyl groups excluding tert-OH is 5. The predicted octanol–water partition coefficient (Wildman–Crippen LogP) is 2.07. The molecule has 0 radical (unpaired) electrons. The van der Waals surface area contributed by atoms with E-state index in [2.05, 4.69) is 12.2 Å². The smallest absolute Gasteiger partial charge is 0.335 e. The molecule has 2 aliphatic rings. The third-order valence-corrected chi connectivity index (χ3v) is 9.17. The number of nitrogens with one attached hydrogen (secondary N) is 1. The Morgan fingerprint density at radius 2 is 1.26 bits per heavy atom. The minimum atomic E-state index is -1.96. The van der Waals surface area contributed by atoms with Gasteiger partial charge in [-0.25, -0.2) is 4.79 Å². The minimum Gasteiger partial charge on any atom is -0.481 e. The molecule has 0 aromatic rings. The number of carbonyl (C=O) groups excluding carboxylic acids is 1. The van der Waals surface area contributed by atoms with Gasteiger partial charge >= 0.3 is 11.9 Å². The van der Waals surface area contributed by atoms with Crippen molar-refractivity contribution in [2.45, 2.75) is 179 Å². The van der Waals surface area contributed by atoms with Gasteiger partial charge in [-0.2, -0.15) is 0 Å². The number of unbranched alkanes of at least 4 members (excludes halogenated alkanes) is 10. The first kappa shape index (κ1) is 44.2. The molecule has 0 aromatic heterocycles. The molecule has 15 heteroatoms. The van der Waals surface area contributed by atoms with Crippen LogP contribution in [0.25, 0.3) is 0 Å². The second-order valence-electron chi connectivity index (χ2n) is 14.9. The molecular formula is C35H63NO14. The maximum Gasteiger partial charge on any atom is 0.335 e. The van der Waals surface area contributed by atoms with Crippen LogP contribution < -0.4 is 5.32 Å². The number of hydrogen-bond acceptors (Lipinski definition) is 12. The molecule has 8 N–H and O–H groups in total. The highest BCUT2D eigenvalue weighted by atomic mass is 16.7. The second kappa shape index (κ2) is 22.2. The summed E-state index contributed by atoms with van der Waals surface area (Å²) in [5.74, 6) is -3.86. The molecule has 11 atom stereocenters. The van der Waals surface area contributed by atoms with E-state index in [4.69, 9.17) is 18.9 Å². The average molecular weight is 722 g/mol. The summed E-state index contributed by atoms with van der Waals surface area (Å²) in [4.78, 5) is 36.6. The van der Waals surface area contributed by atoms with E-state index in [1.54, 1.807) is 0 Å². The Labute approximate surface area is 295 Å². The number of rotatable bonds is 23. The molecule has 0 saturated carbocycles. The van der Waals surface area contributed by atoms with E-state index in [0.717, 1.165) is 25.7 Å². The Morgan fingerprint density at radius 3 is 1.82 bits per heavy atom. The van der Waals surface area contributed by atoms with Crippen molar-refractivity contribution in [3.8, 4) is 0 Å². The maximum atomic E-state index is 12.9. The number of carboxylic acid groups (broad SMARTS) is 2. The summed E-state index contributed by atoms with van der Waals surface area (Å²) in [5.41, 5.74) is -0.167. The molecule has 2 rings (SSSR count). The van der Waals surface area contributed by atoms with Crippen LogP contribution in [0.15, 0.2) is 0 Å². The van der Waals surface area contributed by atoms with Crippen molar-refractivity contribution in [1.82, 2.24) is 5.32 Å². The van der Waals surface area contributed by atoms with Gasteiger partial charge in [0.25, 0.3) is 5.91 Å². The standard InChI is InChI=1S/C35H63NO14/c1-5-6-7-8-9-10-11-12-13-16-19-47-33-26(41)24(39)27(29(50-33)32(45)46)48-34-25(40)22(37)23(38)28(49-34)30(42)36-18-15-14-17-21(31(43)44)20-35(2,3)4/h21-29,33-34,37-41H,5-20H2,1-4H3,(H,36,42)(H,43,44)(H,45,46)/t21?,22-,23-,24+,25+,26+,27-,28-,29-,33+,34+/m0/s1. The molecule has 2 fully saturated rings. The van der Waals surface area contributed by atoms with E-state index in [9.17, 15) is 50.1 Å². The van der Waals surface area contributed by atoms with Crippen molar-refractivity contribution in [2.24, 2.45) is 11.3 Å². The number of hydrogen-bond donors (Lipinski definition) is 8. The Bertz CT molecular complexity index is 1010. The van der Waals surface area contributed by atoms with E-state index in [1.807, 2.05) is 20.8 Å². The zero-order valence-electron chi connectivity index (χ0n) is 30.2. The molecule has 2 heterocycles. The second-order valence-corrected chi connectivity index (χ2v) is 14.9. The van der Waals surface area contributed by atoms with E-state index < -0.39 is 85.2 Å². The lowest BCUT2D eigenvalue weighted by Gasteiger charge is -2.45. The molecule has 1 amide bonds. The van der Waals surface area contributed by atoms with Crippen LogP contribution >= 0.6 is 0 Å². The SMILES string of the molecule is CCCCCCCCCCCCO[C@@H]1O[C@H](C(=O)O)[C@@H](O[C@@H]2O[C@H](C(=O)NCCCCC(CC(C)(C)C)C(=O)O)[C@@H](O)[C@H](O)[C@H]2O)[C@H](O)[C@H]1O. The molecular weight excluding hydrogens is 658 g/mol. The highest BCUT2D eigenvalue weighted by molar-refractivity contribution is 5.81. The van der Waals surface area contributed by atoms with E-state index in [0.29, 0.717) is 32.1 Å². The summed E-state index contributed by atoms with van der Waals surface area (Å²) in [6.07, 6.45) is -5.47. The summed E-state index contributed by atoms with van der Waals surface area (Å²) in [5, 5.41) is 75.0. The summed E-state index contributed by atoms with van der Waals surface area (Å²) in [6, 6.07) is 0. The average Bonchev–Trinajstić information content (AvgIpc) is 3.04. The van der Waals surface area contributed by atoms with Gasteiger partial charge in [-0.3, -0.25) is 9.59 Å². The largest absolute Gasteiger partial charge is 0.481 e. The highest BCUT2D eigenvalue weighted by Crippen LogP contribution is 2.31. The van der Waals surface area contributed by atoms with Crippen molar-refractivity contribution in [3.63, 3.8) is 0 Å². The molecule has 1 unspecified atom stereocenters. The lowest BCUT2D eigenvalue weighted by Crippen LogP contribution is -2.66. The maximum absolute atomic E-state index is 12.9. The van der Waals surface area contributed by atoms with Crippen LogP contribution in [0, 0.1) is 11.3 Å². The lowest BCUT2D eigenvalue weighted by molar-refractivity contribution is -0.349. The van der Waals surface area contributed by atoms with Crippen molar-refractivity contribution < 1.29 is 69.1 Å². The van der Waals surface area contributed by atoms with Gasteiger partial charge in [-0.05, 0) is 31.1 Å². The molecule has 0 aromatic carbocycles. The third kappa shape index (κ3) is 14.6. The van der Waals surface area contributed by atoms with Gasteiger partial charge in [0.2, 0.25) is 0 Å². The third-order valence-electron chi connectivity index (χ3n) is 9.17. The van der Waals surface area contributed by atoms with Gasteiger partial charge < -0.3 is 60.0 Å². The van der Waals surface area contributed by atoms with Gasteiger partial charge in [0, 0.05) is 13.2 Å². The molecule has 292 valence electrons. The van der Waals surface area contributed by atoms with E-state index in [1.165, 1.54) is 32.1 Å². The number of aliphatic hydroxyl groups is 5. The normalized spacial score (nSPS) is 30.9. The Hall–Kier alpha value is -1.95. The van der Waals surface area contributed by atoms with Gasteiger partial charge in [-0.15, -0.1) is 0 Å². The molecule has 0 aliphatic carbocycles. The van der Waals surface area contributed by atoms with Crippen LogP contribution in [0.4, 0.5) is 0 Å². The number of carboxylic acids is 2. The van der Waals surface area contributed by atoms with Crippen LogP contribution in [0.1, 0.15) is 118 Å². The first-order valence-corrected chi connectivity index (χ1v) is 18.3. The Balaban J connectivity index is 1.88. The fraction of sp³-hybridized carbons (Fsp3) is 0.914. The first-order valence-electron chi connectivity index (χ1n) is 18.3. The minimum absolute atomic E-state index is 0.0976. The van der Waals surface area contributed by atoms with Crippen LogP contribution in [-0.4, -0.2) is 128 Å². The summed E-state index contributed by atoms with van der Waals surface area (Å²) in [6.45, 7) is 8.31. The highest BCUT2D eigenvalue weighted by Gasteiger charge is 2.53. The zero-order valence-corrected chi connectivity index (χ0v) is 30.2. The predicted molar refractivity (Wildman–Crippen MR) is 180 cm³/mol. The first-order chi connectivity index (χ1) is 23.6.